The highest BCUT2D eigenvalue weighted by Gasteiger charge is 2.17. The van der Waals surface area contributed by atoms with Gasteiger partial charge in [0.2, 0.25) is 0 Å². The van der Waals surface area contributed by atoms with Crippen LogP contribution in [0.25, 0.3) is 17.8 Å². The summed E-state index contributed by atoms with van der Waals surface area (Å²) in [5.41, 5.74) is 11.8. The van der Waals surface area contributed by atoms with Crippen molar-refractivity contribution in [3.05, 3.63) is 39.4 Å². The smallest absolute Gasteiger partial charge is 0.0486 e. The Morgan fingerprint density at radius 3 is 2.58 bits per heavy atom. The Kier molecular flexibility index (Phi) is 3.02. The lowest BCUT2D eigenvalue weighted by atomic mass is 10.0. The fourth-order valence-electron chi connectivity index (χ4n) is 2.90. The van der Waals surface area contributed by atoms with Crippen molar-refractivity contribution >= 4 is 23.6 Å². The molecule has 1 aromatic rings. The highest BCUT2D eigenvalue weighted by molar-refractivity contribution is 6.06. The van der Waals surface area contributed by atoms with E-state index in [2.05, 4.69) is 38.1 Å². The molecule has 0 atom stereocenters. The van der Waals surface area contributed by atoms with Gasteiger partial charge in [-0.15, -0.1) is 0 Å². The Labute approximate surface area is 114 Å². The van der Waals surface area contributed by atoms with Crippen molar-refractivity contribution in [2.24, 2.45) is 10.7 Å². The summed E-state index contributed by atoms with van der Waals surface area (Å²) in [5.74, 6) is 0. The average molecular weight is 252 g/mol. The Bertz CT molecular complexity index is 706. The first-order valence-electron chi connectivity index (χ1n) is 7.17. The van der Waals surface area contributed by atoms with Gasteiger partial charge in [0.15, 0.2) is 0 Å². The van der Waals surface area contributed by atoms with Gasteiger partial charge in [0.05, 0.1) is 0 Å². The molecule has 0 spiro atoms. The average Bonchev–Trinajstić information content (AvgIpc) is 2.88. The quantitative estimate of drug-likeness (QED) is 0.877. The molecule has 0 saturated carbocycles. The lowest BCUT2D eigenvalue weighted by Crippen LogP contribution is -2.19. The van der Waals surface area contributed by atoms with E-state index in [0.717, 1.165) is 31.4 Å². The second-order valence-corrected chi connectivity index (χ2v) is 5.32. The molecule has 0 radical (unpaired) electrons. The minimum Gasteiger partial charge on any atom is -0.399 e. The zero-order valence-electron chi connectivity index (χ0n) is 11.7. The standard InChI is InChI=1S/C17H20N2/c1-3-5-16-14-9-11-7-13(18)8-12(11)10-15(14)17(19-16)6-4-2/h7-10H,3-6,18H2,1-2H3. The molecule has 0 amide bonds. The molecule has 98 valence electrons. The van der Waals surface area contributed by atoms with Crippen LogP contribution >= 0.6 is 0 Å². The van der Waals surface area contributed by atoms with Gasteiger partial charge in [-0.1, -0.05) is 26.7 Å². The summed E-state index contributed by atoms with van der Waals surface area (Å²) in [6.07, 6.45) is 8.50. The molecule has 19 heavy (non-hydrogen) atoms. The van der Waals surface area contributed by atoms with E-state index in [1.807, 2.05) is 0 Å². The van der Waals surface area contributed by atoms with Crippen molar-refractivity contribution < 1.29 is 0 Å². The van der Waals surface area contributed by atoms with Crippen LogP contribution in [0.3, 0.4) is 0 Å². The third kappa shape index (κ3) is 2.01. The number of hydrogen-bond donors (Lipinski definition) is 1. The van der Waals surface area contributed by atoms with E-state index < -0.39 is 0 Å². The number of benzene rings is 1. The molecule has 2 aliphatic rings. The third-order valence-corrected chi connectivity index (χ3v) is 3.73. The Balaban J connectivity index is 2.19. The van der Waals surface area contributed by atoms with Gasteiger partial charge in [-0.25, -0.2) is 0 Å². The monoisotopic (exact) mass is 252 g/mol. The van der Waals surface area contributed by atoms with Crippen molar-refractivity contribution in [1.29, 1.82) is 0 Å². The number of nitrogens with zero attached hydrogens (tertiary/aromatic N) is 1. The normalized spacial score (nSPS) is 15.8. The van der Waals surface area contributed by atoms with E-state index in [0.29, 0.717) is 0 Å². The van der Waals surface area contributed by atoms with Crippen LogP contribution in [0.1, 0.15) is 50.7 Å². The van der Waals surface area contributed by atoms with Gasteiger partial charge in [0.25, 0.3) is 0 Å². The first-order chi connectivity index (χ1) is 9.22. The summed E-state index contributed by atoms with van der Waals surface area (Å²) >= 11 is 0. The van der Waals surface area contributed by atoms with Gasteiger partial charge in [0, 0.05) is 27.9 Å². The zero-order chi connectivity index (χ0) is 13.4. The Morgan fingerprint density at radius 1 is 1.05 bits per heavy atom. The highest BCUT2D eigenvalue weighted by Crippen LogP contribution is 2.18. The Morgan fingerprint density at radius 2 is 1.84 bits per heavy atom. The van der Waals surface area contributed by atoms with E-state index >= 15 is 0 Å². The SMILES string of the molecule is CCCC1=NC(CCC)=c2cc3c(cc21)=CC(N)=C3. The zero-order valence-corrected chi connectivity index (χ0v) is 11.7. The van der Waals surface area contributed by atoms with Crippen LogP contribution in [0.15, 0.2) is 22.8 Å². The van der Waals surface area contributed by atoms with E-state index in [9.17, 15) is 0 Å². The number of hydrogen-bond acceptors (Lipinski definition) is 2. The van der Waals surface area contributed by atoms with Crippen LogP contribution in [0, 0.1) is 0 Å². The van der Waals surface area contributed by atoms with Gasteiger partial charge in [-0.05, 0) is 47.9 Å². The molecule has 2 heteroatoms. The van der Waals surface area contributed by atoms with Gasteiger partial charge in [-0.3, -0.25) is 4.99 Å². The molecule has 1 aromatic carbocycles. The second-order valence-electron chi connectivity index (χ2n) is 5.32. The molecule has 1 heterocycles. The number of rotatable bonds is 4. The summed E-state index contributed by atoms with van der Waals surface area (Å²) in [6.45, 7) is 4.41. The Hall–Kier alpha value is -1.83. The molecular weight excluding hydrogens is 232 g/mol. The largest absolute Gasteiger partial charge is 0.399 e. The maximum absolute atomic E-state index is 5.90. The van der Waals surface area contributed by atoms with Gasteiger partial charge in [-0.2, -0.15) is 0 Å². The number of nitrogens with two attached hydrogens (primary N) is 1. The van der Waals surface area contributed by atoms with E-state index in [-0.39, 0.29) is 0 Å². The summed E-state index contributed by atoms with van der Waals surface area (Å²) in [5, 5.41) is 2.56. The van der Waals surface area contributed by atoms with Crippen LogP contribution in [-0.2, 0) is 0 Å². The summed E-state index contributed by atoms with van der Waals surface area (Å²) in [7, 11) is 0. The molecule has 1 aliphatic heterocycles. The molecule has 0 bridgehead atoms. The minimum atomic E-state index is 0.852. The minimum absolute atomic E-state index is 0.852. The molecule has 2 N–H and O–H groups in total. The maximum atomic E-state index is 5.90. The van der Waals surface area contributed by atoms with Gasteiger partial charge in [0.1, 0.15) is 0 Å². The fourth-order valence-corrected chi connectivity index (χ4v) is 2.90. The number of aliphatic imine (C=N–C) groups is 1. The first-order valence-corrected chi connectivity index (χ1v) is 7.17. The van der Waals surface area contributed by atoms with Gasteiger partial charge >= 0.3 is 0 Å². The third-order valence-electron chi connectivity index (χ3n) is 3.73. The predicted molar refractivity (Wildman–Crippen MR) is 82.1 cm³/mol. The predicted octanol–water partition coefficient (Wildman–Crippen LogP) is 2.29. The number of allylic oxidation sites excluding steroid dienone is 1. The molecule has 2 nitrogen and oxygen atoms in total. The van der Waals surface area contributed by atoms with Crippen LogP contribution in [-0.4, -0.2) is 5.71 Å². The molecule has 0 aromatic heterocycles. The summed E-state index contributed by atoms with van der Waals surface area (Å²) < 4.78 is 0. The van der Waals surface area contributed by atoms with Crippen molar-refractivity contribution in [2.45, 2.75) is 39.5 Å². The van der Waals surface area contributed by atoms with Gasteiger partial charge < -0.3 is 5.73 Å². The van der Waals surface area contributed by atoms with Crippen LogP contribution in [0.5, 0.6) is 0 Å². The van der Waals surface area contributed by atoms with Crippen LogP contribution in [0.2, 0.25) is 0 Å². The van der Waals surface area contributed by atoms with Crippen molar-refractivity contribution in [3.8, 4) is 0 Å². The lowest BCUT2D eigenvalue weighted by Gasteiger charge is -2.01. The molecule has 3 rings (SSSR count). The maximum Gasteiger partial charge on any atom is 0.0486 e. The molecule has 0 fully saturated rings. The lowest BCUT2D eigenvalue weighted by molar-refractivity contribution is 0.954. The number of fused-ring (bicyclic) bond motifs is 2. The van der Waals surface area contributed by atoms with E-state index in [4.69, 9.17) is 10.7 Å². The molecular formula is C17H20N2. The van der Waals surface area contributed by atoms with Crippen molar-refractivity contribution in [1.82, 2.24) is 0 Å². The summed E-state index contributed by atoms with van der Waals surface area (Å²) in [4.78, 5) is 4.86. The second kappa shape index (κ2) is 4.69. The van der Waals surface area contributed by atoms with E-state index in [1.165, 1.54) is 33.0 Å². The van der Waals surface area contributed by atoms with Crippen molar-refractivity contribution in [3.63, 3.8) is 0 Å². The van der Waals surface area contributed by atoms with E-state index in [1.54, 1.807) is 0 Å². The molecule has 0 unspecified atom stereocenters. The topological polar surface area (TPSA) is 38.4 Å². The summed E-state index contributed by atoms with van der Waals surface area (Å²) in [6, 6.07) is 4.52. The highest BCUT2D eigenvalue weighted by atomic mass is 14.8. The molecule has 0 saturated heterocycles. The fraction of sp³-hybridized carbons (Fsp3) is 0.353. The first kappa shape index (κ1) is 12.2. The van der Waals surface area contributed by atoms with Crippen LogP contribution < -0.4 is 16.2 Å². The van der Waals surface area contributed by atoms with Crippen molar-refractivity contribution in [2.75, 3.05) is 0 Å². The molecule has 1 aliphatic carbocycles. The van der Waals surface area contributed by atoms with Crippen LogP contribution in [0.4, 0.5) is 0 Å².